The number of carboxylic acids is 1. The molecule has 0 saturated carbocycles. The largest absolute Gasteiger partial charge is 0.478 e. The molecule has 0 bridgehead atoms. The third kappa shape index (κ3) is 4.26. The van der Waals surface area contributed by atoms with Crippen molar-refractivity contribution < 1.29 is 14.6 Å². The molecule has 0 aromatic carbocycles. The lowest BCUT2D eigenvalue weighted by Crippen LogP contribution is -2.39. The lowest BCUT2D eigenvalue weighted by Gasteiger charge is -2.25. The molecular weight excluding hydrogens is 272 g/mol. The molecule has 1 saturated heterocycles. The van der Waals surface area contributed by atoms with Crippen LogP contribution in [0.15, 0.2) is 6.20 Å². The van der Waals surface area contributed by atoms with Gasteiger partial charge in [0.05, 0.1) is 18.5 Å². The maximum atomic E-state index is 11.3. The summed E-state index contributed by atoms with van der Waals surface area (Å²) < 4.78 is 6.81. The smallest absolute Gasteiger partial charge is 0.339 e. The van der Waals surface area contributed by atoms with Gasteiger partial charge in [0.1, 0.15) is 5.56 Å². The first kappa shape index (κ1) is 15.9. The third-order valence-corrected chi connectivity index (χ3v) is 3.92. The second kappa shape index (κ2) is 7.53. The Morgan fingerprint density at radius 3 is 3.10 bits per heavy atom. The number of methoxy groups -OCH3 is 1. The summed E-state index contributed by atoms with van der Waals surface area (Å²) >= 11 is 0. The molecule has 7 heteroatoms. The molecule has 2 heterocycles. The molecule has 21 heavy (non-hydrogen) atoms. The van der Waals surface area contributed by atoms with Gasteiger partial charge >= 0.3 is 5.97 Å². The van der Waals surface area contributed by atoms with Crippen LogP contribution < -0.4 is 5.32 Å². The van der Waals surface area contributed by atoms with E-state index in [-0.39, 0.29) is 5.56 Å². The Morgan fingerprint density at radius 1 is 1.67 bits per heavy atom. The van der Waals surface area contributed by atoms with Crippen LogP contribution in [0, 0.1) is 0 Å². The molecular formula is C14H24N4O3. The zero-order chi connectivity index (χ0) is 15.2. The van der Waals surface area contributed by atoms with Gasteiger partial charge in [-0.05, 0) is 19.4 Å². The van der Waals surface area contributed by atoms with Crippen LogP contribution in [-0.2, 0) is 18.3 Å². The highest BCUT2D eigenvalue weighted by molar-refractivity contribution is 5.88. The summed E-state index contributed by atoms with van der Waals surface area (Å²) in [6.45, 7) is 3.94. The fourth-order valence-corrected chi connectivity index (χ4v) is 2.72. The summed E-state index contributed by atoms with van der Waals surface area (Å²) in [6.07, 6.45) is 3.79. The SMILES string of the molecule is COCCN(Cc1c(C(=O)O)cnn1C)CC1CCCN1. The lowest BCUT2D eigenvalue weighted by atomic mass is 10.2. The maximum Gasteiger partial charge on any atom is 0.339 e. The molecule has 1 aromatic heterocycles. The van der Waals surface area contributed by atoms with E-state index in [9.17, 15) is 9.90 Å². The summed E-state index contributed by atoms with van der Waals surface area (Å²) in [4.78, 5) is 13.5. The van der Waals surface area contributed by atoms with Gasteiger partial charge in [0.25, 0.3) is 0 Å². The minimum absolute atomic E-state index is 0.277. The average molecular weight is 296 g/mol. The zero-order valence-corrected chi connectivity index (χ0v) is 12.7. The van der Waals surface area contributed by atoms with Gasteiger partial charge in [-0.3, -0.25) is 9.58 Å². The van der Waals surface area contributed by atoms with Crippen LogP contribution in [0.4, 0.5) is 0 Å². The van der Waals surface area contributed by atoms with Crippen LogP contribution in [0.5, 0.6) is 0 Å². The van der Waals surface area contributed by atoms with Crippen LogP contribution in [0.2, 0.25) is 0 Å². The average Bonchev–Trinajstić information content (AvgIpc) is 3.07. The number of nitrogens with zero attached hydrogens (tertiary/aromatic N) is 3. The summed E-state index contributed by atoms with van der Waals surface area (Å²) in [5.74, 6) is -0.927. The summed E-state index contributed by atoms with van der Waals surface area (Å²) in [5, 5.41) is 16.8. The van der Waals surface area contributed by atoms with E-state index in [1.54, 1.807) is 18.8 Å². The van der Waals surface area contributed by atoms with Crippen molar-refractivity contribution in [2.24, 2.45) is 7.05 Å². The van der Waals surface area contributed by atoms with Gasteiger partial charge in [-0.2, -0.15) is 5.10 Å². The molecule has 1 fully saturated rings. The van der Waals surface area contributed by atoms with Crippen molar-refractivity contribution in [1.82, 2.24) is 20.0 Å². The standard InChI is InChI=1S/C14H24N4O3/c1-17-13(12(8-16-17)14(19)20)10-18(6-7-21-2)9-11-4-3-5-15-11/h8,11,15H,3-7,9-10H2,1-2H3,(H,19,20). The molecule has 2 rings (SSSR count). The molecule has 0 radical (unpaired) electrons. The van der Waals surface area contributed by atoms with Crippen molar-refractivity contribution in [3.63, 3.8) is 0 Å². The Hall–Kier alpha value is -1.44. The van der Waals surface area contributed by atoms with Crippen molar-refractivity contribution in [3.8, 4) is 0 Å². The topological polar surface area (TPSA) is 79.6 Å². The van der Waals surface area contributed by atoms with Crippen molar-refractivity contribution in [1.29, 1.82) is 0 Å². The van der Waals surface area contributed by atoms with Crippen LogP contribution in [0.3, 0.4) is 0 Å². The molecule has 0 aliphatic carbocycles. The highest BCUT2D eigenvalue weighted by Crippen LogP contribution is 2.13. The number of hydrogen-bond donors (Lipinski definition) is 2. The number of aryl methyl sites for hydroxylation is 1. The highest BCUT2D eigenvalue weighted by atomic mass is 16.5. The van der Waals surface area contributed by atoms with E-state index in [0.29, 0.717) is 19.2 Å². The molecule has 1 aromatic rings. The predicted molar refractivity (Wildman–Crippen MR) is 78.3 cm³/mol. The van der Waals surface area contributed by atoms with Crippen molar-refractivity contribution in [2.75, 3.05) is 33.4 Å². The number of ether oxygens (including phenoxy) is 1. The van der Waals surface area contributed by atoms with Gasteiger partial charge in [-0.1, -0.05) is 0 Å². The lowest BCUT2D eigenvalue weighted by molar-refractivity contribution is 0.0693. The Morgan fingerprint density at radius 2 is 2.48 bits per heavy atom. The molecule has 7 nitrogen and oxygen atoms in total. The Labute approximate surface area is 124 Å². The van der Waals surface area contributed by atoms with Gasteiger partial charge in [0.2, 0.25) is 0 Å². The molecule has 1 unspecified atom stereocenters. The maximum absolute atomic E-state index is 11.3. The van der Waals surface area contributed by atoms with E-state index in [2.05, 4.69) is 15.3 Å². The first-order valence-corrected chi connectivity index (χ1v) is 7.30. The van der Waals surface area contributed by atoms with E-state index in [1.165, 1.54) is 19.0 Å². The molecule has 0 spiro atoms. The van der Waals surface area contributed by atoms with E-state index >= 15 is 0 Å². The highest BCUT2D eigenvalue weighted by Gasteiger charge is 2.21. The van der Waals surface area contributed by atoms with Gasteiger partial charge in [-0.15, -0.1) is 0 Å². The fourth-order valence-electron chi connectivity index (χ4n) is 2.72. The van der Waals surface area contributed by atoms with Gasteiger partial charge in [0.15, 0.2) is 0 Å². The fraction of sp³-hybridized carbons (Fsp3) is 0.714. The van der Waals surface area contributed by atoms with Crippen LogP contribution in [0.25, 0.3) is 0 Å². The normalized spacial score (nSPS) is 18.5. The van der Waals surface area contributed by atoms with Crippen molar-refractivity contribution >= 4 is 5.97 Å². The predicted octanol–water partition coefficient (Wildman–Crippen LogP) is 0.319. The summed E-state index contributed by atoms with van der Waals surface area (Å²) in [7, 11) is 3.46. The molecule has 1 aliphatic rings. The van der Waals surface area contributed by atoms with Crippen LogP contribution in [-0.4, -0.2) is 65.1 Å². The first-order chi connectivity index (χ1) is 10.1. The number of aromatic carboxylic acids is 1. The molecule has 118 valence electrons. The second-order valence-electron chi connectivity index (χ2n) is 5.45. The number of rotatable bonds is 8. The quantitative estimate of drug-likeness (QED) is 0.719. The minimum Gasteiger partial charge on any atom is -0.478 e. The number of hydrogen-bond acceptors (Lipinski definition) is 5. The second-order valence-corrected chi connectivity index (χ2v) is 5.45. The Kier molecular flexibility index (Phi) is 5.72. The number of aromatic nitrogens is 2. The monoisotopic (exact) mass is 296 g/mol. The van der Waals surface area contributed by atoms with E-state index in [1.807, 2.05) is 0 Å². The van der Waals surface area contributed by atoms with Crippen LogP contribution in [0.1, 0.15) is 28.9 Å². The molecule has 1 atom stereocenters. The Bertz CT molecular complexity index is 469. The molecule has 1 aliphatic heterocycles. The van der Waals surface area contributed by atoms with Crippen molar-refractivity contribution in [2.45, 2.75) is 25.4 Å². The van der Waals surface area contributed by atoms with Gasteiger partial charge in [-0.25, -0.2) is 4.79 Å². The summed E-state index contributed by atoms with van der Waals surface area (Å²) in [5.41, 5.74) is 1.01. The minimum atomic E-state index is -0.927. The number of carboxylic acid groups (broad SMARTS) is 1. The van der Waals surface area contributed by atoms with E-state index in [0.717, 1.165) is 25.3 Å². The van der Waals surface area contributed by atoms with E-state index < -0.39 is 5.97 Å². The summed E-state index contributed by atoms with van der Waals surface area (Å²) in [6, 6.07) is 0.475. The van der Waals surface area contributed by atoms with Crippen LogP contribution >= 0.6 is 0 Å². The van der Waals surface area contributed by atoms with Crippen molar-refractivity contribution in [3.05, 3.63) is 17.5 Å². The van der Waals surface area contributed by atoms with E-state index in [4.69, 9.17) is 4.74 Å². The number of carbonyl (C=O) groups is 1. The molecule has 0 amide bonds. The number of nitrogens with one attached hydrogen (secondary N) is 1. The first-order valence-electron chi connectivity index (χ1n) is 7.30. The van der Waals surface area contributed by atoms with Gasteiger partial charge in [0, 0.05) is 39.8 Å². The third-order valence-electron chi connectivity index (χ3n) is 3.92. The zero-order valence-electron chi connectivity index (χ0n) is 12.7. The van der Waals surface area contributed by atoms with Gasteiger partial charge < -0.3 is 15.2 Å². The molecule has 2 N–H and O–H groups in total. The Balaban J connectivity index is 2.06.